The van der Waals surface area contributed by atoms with E-state index >= 15 is 0 Å². The van der Waals surface area contributed by atoms with Gasteiger partial charge in [-0.3, -0.25) is 4.72 Å². The van der Waals surface area contributed by atoms with E-state index in [9.17, 15) is 8.42 Å². The lowest BCUT2D eigenvalue weighted by Crippen LogP contribution is -2.16. The van der Waals surface area contributed by atoms with Crippen molar-refractivity contribution in [2.45, 2.75) is 25.7 Å². The molecule has 2 N–H and O–H groups in total. The molecule has 0 amide bonds. The SMILES string of the molecule is Cc1ccc(S(=O)(=O)Nc2nc3ccccc3nc2Nc2cc(C)ccc2C)cc1. The van der Waals surface area contributed by atoms with Gasteiger partial charge >= 0.3 is 0 Å². The van der Waals surface area contributed by atoms with Crippen molar-refractivity contribution in [1.82, 2.24) is 9.97 Å². The Kier molecular flexibility index (Phi) is 5.13. The first kappa shape index (κ1) is 19.8. The van der Waals surface area contributed by atoms with Crippen LogP contribution in [0.3, 0.4) is 0 Å². The first-order valence-electron chi connectivity index (χ1n) is 9.52. The third-order valence-electron chi connectivity index (χ3n) is 4.78. The second kappa shape index (κ2) is 7.76. The lowest BCUT2D eigenvalue weighted by Gasteiger charge is -2.15. The second-order valence-electron chi connectivity index (χ2n) is 7.27. The molecule has 0 aliphatic rings. The molecule has 0 atom stereocenters. The van der Waals surface area contributed by atoms with Gasteiger partial charge in [0.25, 0.3) is 10.0 Å². The Hall–Kier alpha value is -3.45. The fraction of sp³-hybridized carbons (Fsp3) is 0.130. The molecule has 3 aromatic carbocycles. The van der Waals surface area contributed by atoms with Crippen LogP contribution in [0.25, 0.3) is 11.0 Å². The van der Waals surface area contributed by atoms with Gasteiger partial charge in [-0.05, 0) is 62.2 Å². The van der Waals surface area contributed by atoms with Crippen LogP contribution < -0.4 is 10.0 Å². The molecule has 0 fully saturated rings. The smallest absolute Gasteiger partial charge is 0.263 e. The Morgan fingerprint density at radius 2 is 1.33 bits per heavy atom. The van der Waals surface area contributed by atoms with E-state index in [4.69, 9.17) is 0 Å². The summed E-state index contributed by atoms with van der Waals surface area (Å²) >= 11 is 0. The van der Waals surface area contributed by atoms with Crippen molar-refractivity contribution in [2.24, 2.45) is 0 Å². The predicted molar refractivity (Wildman–Crippen MR) is 121 cm³/mol. The number of nitrogens with one attached hydrogen (secondary N) is 2. The summed E-state index contributed by atoms with van der Waals surface area (Å²) in [6.45, 7) is 5.88. The molecule has 7 heteroatoms. The summed E-state index contributed by atoms with van der Waals surface area (Å²) in [4.78, 5) is 9.34. The molecule has 4 aromatic rings. The molecule has 0 saturated carbocycles. The zero-order chi connectivity index (χ0) is 21.3. The van der Waals surface area contributed by atoms with Crippen LogP contribution in [0.15, 0.2) is 71.6 Å². The van der Waals surface area contributed by atoms with Crippen LogP contribution in [0.2, 0.25) is 0 Å². The van der Waals surface area contributed by atoms with E-state index in [-0.39, 0.29) is 10.7 Å². The number of hydrogen-bond acceptors (Lipinski definition) is 5. The van der Waals surface area contributed by atoms with E-state index in [2.05, 4.69) is 20.0 Å². The minimum absolute atomic E-state index is 0.148. The van der Waals surface area contributed by atoms with Crippen LogP contribution in [-0.2, 0) is 10.0 Å². The predicted octanol–water partition coefficient (Wildman–Crippen LogP) is 5.10. The number of fused-ring (bicyclic) bond motifs is 1. The third-order valence-corrected chi connectivity index (χ3v) is 6.13. The maximum atomic E-state index is 13.0. The van der Waals surface area contributed by atoms with E-state index in [1.807, 2.05) is 57.2 Å². The average Bonchev–Trinajstić information content (AvgIpc) is 2.71. The summed E-state index contributed by atoms with van der Waals surface area (Å²) in [5.74, 6) is 0.494. The van der Waals surface area contributed by atoms with Gasteiger partial charge < -0.3 is 5.32 Å². The van der Waals surface area contributed by atoms with Crippen molar-refractivity contribution in [2.75, 3.05) is 10.0 Å². The van der Waals surface area contributed by atoms with Gasteiger partial charge in [-0.25, -0.2) is 18.4 Å². The van der Waals surface area contributed by atoms with Crippen molar-refractivity contribution in [3.8, 4) is 0 Å². The van der Waals surface area contributed by atoms with Gasteiger partial charge in [0.15, 0.2) is 11.6 Å². The first-order chi connectivity index (χ1) is 14.3. The Balaban J connectivity index is 1.80. The highest BCUT2D eigenvalue weighted by Crippen LogP contribution is 2.29. The highest BCUT2D eigenvalue weighted by molar-refractivity contribution is 7.92. The standard InChI is InChI=1S/C23H22N4O2S/c1-15-9-12-18(13-10-15)30(28,29)27-23-22(24-19-6-4-5-7-20(19)25-23)26-21-14-16(2)8-11-17(21)3/h4-14H,1-3H3,(H,24,26)(H,25,27). The van der Waals surface area contributed by atoms with E-state index in [1.54, 1.807) is 30.3 Å². The van der Waals surface area contributed by atoms with Gasteiger partial charge in [0, 0.05) is 5.69 Å². The summed E-state index contributed by atoms with van der Waals surface area (Å²) in [5.41, 5.74) is 5.20. The molecule has 6 nitrogen and oxygen atoms in total. The number of nitrogens with zero attached hydrogens (tertiary/aromatic N) is 2. The average molecular weight is 419 g/mol. The van der Waals surface area contributed by atoms with Gasteiger partial charge in [0.2, 0.25) is 0 Å². The number of aromatic nitrogens is 2. The van der Waals surface area contributed by atoms with Crippen LogP contribution in [0, 0.1) is 20.8 Å². The van der Waals surface area contributed by atoms with E-state index in [0.29, 0.717) is 16.9 Å². The number of benzene rings is 3. The fourth-order valence-corrected chi connectivity index (χ4v) is 4.07. The lowest BCUT2D eigenvalue weighted by molar-refractivity contribution is 0.601. The van der Waals surface area contributed by atoms with Crippen molar-refractivity contribution in [3.05, 3.63) is 83.4 Å². The zero-order valence-corrected chi connectivity index (χ0v) is 17.8. The van der Waals surface area contributed by atoms with Crippen LogP contribution in [-0.4, -0.2) is 18.4 Å². The summed E-state index contributed by atoms with van der Waals surface area (Å²) in [7, 11) is -3.82. The normalized spacial score (nSPS) is 11.4. The zero-order valence-electron chi connectivity index (χ0n) is 17.0. The third kappa shape index (κ3) is 4.11. The molecular formula is C23H22N4O2S. The number of aryl methyl sites for hydroxylation is 3. The summed E-state index contributed by atoms with van der Waals surface area (Å²) in [5, 5.41) is 3.26. The van der Waals surface area contributed by atoms with Crippen molar-refractivity contribution in [1.29, 1.82) is 0 Å². The molecule has 0 aliphatic heterocycles. The molecule has 0 aliphatic carbocycles. The van der Waals surface area contributed by atoms with Gasteiger partial charge in [0.05, 0.1) is 15.9 Å². The molecular weight excluding hydrogens is 396 g/mol. The quantitative estimate of drug-likeness (QED) is 0.471. The van der Waals surface area contributed by atoms with Crippen molar-refractivity contribution < 1.29 is 8.42 Å². The Morgan fingerprint density at radius 1 is 0.733 bits per heavy atom. The fourth-order valence-electron chi connectivity index (χ4n) is 3.06. The van der Waals surface area contributed by atoms with Gasteiger partial charge in [0.1, 0.15) is 0 Å². The van der Waals surface area contributed by atoms with Crippen molar-refractivity contribution in [3.63, 3.8) is 0 Å². The minimum Gasteiger partial charge on any atom is -0.337 e. The van der Waals surface area contributed by atoms with E-state index in [1.165, 1.54) is 0 Å². The molecule has 1 heterocycles. The molecule has 152 valence electrons. The topological polar surface area (TPSA) is 84.0 Å². The number of anilines is 3. The van der Waals surface area contributed by atoms with Gasteiger partial charge in [-0.1, -0.05) is 42.0 Å². The van der Waals surface area contributed by atoms with E-state index in [0.717, 1.165) is 22.4 Å². The Labute approximate surface area is 176 Å². The summed E-state index contributed by atoms with van der Waals surface area (Å²) < 4.78 is 28.5. The molecule has 0 unspecified atom stereocenters. The second-order valence-corrected chi connectivity index (χ2v) is 8.95. The van der Waals surface area contributed by atoms with Crippen LogP contribution in [0.5, 0.6) is 0 Å². The molecule has 30 heavy (non-hydrogen) atoms. The molecule has 0 spiro atoms. The van der Waals surface area contributed by atoms with E-state index < -0.39 is 10.0 Å². The maximum absolute atomic E-state index is 13.0. The first-order valence-corrected chi connectivity index (χ1v) is 11.0. The largest absolute Gasteiger partial charge is 0.337 e. The van der Waals surface area contributed by atoms with Crippen LogP contribution in [0.1, 0.15) is 16.7 Å². The number of rotatable bonds is 5. The van der Waals surface area contributed by atoms with Crippen molar-refractivity contribution >= 4 is 38.4 Å². The number of sulfonamides is 1. The van der Waals surface area contributed by atoms with Gasteiger partial charge in [-0.2, -0.15) is 0 Å². The molecule has 0 saturated heterocycles. The number of hydrogen-bond donors (Lipinski definition) is 2. The highest BCUT2D eigenvalue weighted by Gasteiger charge is 2.19. The molecule has 1 aromatic heterocycles. The van der Waals surface area contributed by atoms with Gasteiger partial charge in [-0.15, -0.1) is 0 Å². The highest BCUT2D eigenvalue weighted by atomic mass is 32.2. The molecule has 4 rings (SSSR count). The maximum Gasteiger partial charge on any atom is 0.263 e. The Bertz CT molecular complexity index is 1330. The summed E-state index contributed by atoms with van der Waals surface area (Å²) in [6, 6.07) is 20.0. The molecule has 0 bridgehead atoms. The summed E-state index contributed by atoms with van der Waals surface area (Å²) in [6.07, 6.45) is 0. The Morgan fingerprint density at radius 3 is 2.00 bits per heavy atom. The van der Waals surface area contributed by atoms with Crippen LogP contribution >= 0.6 is 0 Å². The van der Waals surface area contributed by atoms with Crippen LogP contribution in [0.4, 0.5) is 17.3 Å². The minimum atomic E-state index is -3.82. The number of para-hydroxylation sites is 2. The lowest BCUT2D eigenvalue weighted by atomic mass is 10.1. The monoisotopic (exact) mass is 418 g/mol. The molecule has 0 radical (unpaired) electrons.